The maximum atomic E-state index is 12.0. The van der Waals surface area contributed by atoms with Crippen LogP contribution in [0.25, 0.3) is 0 Å². The summed E-state index contributed by atoms with van der Waals surface area (Å²) >= 11 is 0. The molecule has 124 valence electrons. The van der Waals surface area contributed by atoms with Crippen molar-refractivity contribution in [1.29, 1.82) is 0 Å². The van der Waals surface area contributed by atoms with E-state index in [4.69, 9.17) is 0 Å². The molecule has 1 aromatic carbocycles. The van der Waals surface area contributed by atoms with Crippen LogP contribution in [0, 0.1) is 13.8 Å². The van der Waals surface area contributed by atoms with E-state index in [1.54, 1.807) is 7.05 Å². The monoisotopic (exact) mass is 323 g/mol. The maximum absolute atomic E-state index is 12.0. The van der Waals surface area contributed by atoms with Gasteiger partial charge in [-0.3, -0.25) is 9.20 Å². The minimum absolute atomic E-state index is 0.169. The summed E-state index contributed by atoms with van der Waals surface area (Å²) < 4.78 is 11.8. The Morgan fingerprint density at radius 3 is 2.45 bits per heavy atom. The molecule has 4 nitrogen and oxygen atoms in total. The molecule has 1 rings (SSSR count). The molecule has 1 aromatic rings. The van der Waals surface area contributed by atoms with Gasteiger partial charge >= 0.3 is 0 Å². The molecule has 0 fully saturated rings. The molecular weight excluding hydrogens is 294 g/mol. The van der Waals surface area contributed by atoms with Gasteiger partial charge in [0.1, 0.15) is 0 Å². The fourth-order valence-corrected chi connectivity index (χ4v) is 2.91. The Kier molecular flexibility index (Phi) is 7.07. The highest BCUT2D eigenvalue weighted by Gasteiger charge is 2.18. The zero-order valence-electron chi connectivity index (χ0n) is 14.6. The van der Waals surface area contributed by atoms with E-state index < -0.39 is 10.8 Å². The van der Waals surface area contributed by atoms with Crippen molar-refractivity contribution in [3.8, 4) is 0 Å². The minimum atomic E-state index is -0.847. The number of guanidine groups is 1. The van der Waals surface area contributed by atoms with Crippen molar-refractivity contribution in [2.24, 2.45) is 4.99 Å². The Hall–Kier alpha value is -1.36. The van der Waals surface area contributed by atoms with Crippen LogP contribution in [0.2, 0.25) is 0 Å². The quantitative estimate of drug-likeness (QED) is 0.647. The van der Waals surface area contributed by atoms with Crippen LogP contribution in [0.15, 0.2) is 23.2 Å². The molecule has 0 bridgehead atoms. The number of nitrogens with zero attached hydrogens (tertiary/aromatic N) is 1. The summed E-state index contributed by atoms with van der Waals surface area (Å²) in [4.78, 5) is 4.20. The normalized spacial score (nSPS) is 13.8. The molecule has 1 unspecified atom stereocenters. The zero-order valence-corrected chi connectivity index (χ0v) is 15.4. The lowest BCUT2D eigenvalue weighted by molar-refractivity contribution is 0.647. The summed E-state index contributed by atoms with van der Waals surface area (Å²) in [6.07, 6.45) is 0. The summed E-state index contributed by atoms with van der Waals surface area (Å²) in [5.41, 5.74) is 3.80. The van der Waals surface area contributed by atoms with E-state index in [9.17, 15) is 4.21 Å². The Bertz CT molecular complexity index is 547. The molecule has 0 heterocycles. The SMILES string of the molecule is CN=C(NCCS(=O)C(C)(C)C)NCc1ccc(C)cc1C. The summed E-state index contributed by atoms with van der Waals surface area (Å²) in [7, 11) is 0.901. The topological polar surface area (TPSA) is 53.5 Å². The Morgan fingerprint density at radius 2 is 1.91 bits per heavy atom. The van der Waals surface area contributed by atoms with E-state index in [1.807, 2.05) is 20.8 Å². The van der Waals surface area contributed by atoms with Gasteiger partial charge in [0.15, 0.2) is 5.96 Å². The first kappa shape index (κ1) is 18.7. The van der Waals surface area contributed by atoms with Crippen LogP contribution in [0.4, 0.5) is 0 Å². The molecule has 0 aromatic heterocycles. The highest BCUT2D eigenvalue weighted by molar-refractivity contribution is 7.86. The molecule has 22 heavy (non-hydrogen) atoms. The van der Waals surface area contributed by atoms with Crippen LogP contribution in [0.1, 0.15) is 37.5 Å². The smallest absolute Gasteiger partial charge is 0.191 e. The molecule has 1 atom stereocenters. The molecule has 0 saturated heterocycles. The molecule has 0 spiro atoms. The largest absolute Gasteiger partial charge is 0.355 e. The van der Waals surface area contributed by atoms with Crippen molar-refractivity contribution in [3.63, 3.8) is 0 Å². The number of aryl methyl sites for hydroxylation is 2. The second-order valence-electron chi connectivity index (χ2n) is 6.44. The zero-order chi connectivity index (χ0) is 16.8. The van der Waals surface area contributed by atoms with Gasteiger partial charge in [-0.2, -0.15) is 0 Å². The molecule has 0 aliphatic carbocycles. The second kappa shape index (κ2) is 8.32. The predicted molar refractivity (Wildman–Crippen MR) is 96.9 cm³/mol. The average molecular weight is 324 g/mol. The summed E-state index contributed by atoms with van der Waals surface area (Å²) in [5, 5.41) is 6.52. The fraction of sp³-hybridized carbons (Fsp3) is 0.588. The summed E-state index contributed by atoms with van der Waals surface area (Å²) in [6, 6.07) is 6.44. The van der Waals surface area contributed by atoms with Crippen molar-refractivity contribution in [3.05, 3.63) is 34.9 Å². The van der Waals surface area contributed by atoms with Gasteiger partial charge in [0.2, 0.25) is 0 Å². The highest BCUT2D eigenvalue weighted by atomic mass is 32.2. The predicted octanol–water partition coefficient (Wildman–Crippen LogP) is 2.52. The Labute approximate surface area is 137 Å². The number of nitrogens with one attached hydrogen (secondary N) is 2. The number of rotatable bonds is 5. The lowest BCUT2D eigenvalue weighted by atomic mass is 10.1. The van der Waals surface area contributed by atoms with E-state index in [2.05, 4.69) is 47.7 Å². The van der Waals surface area contributed by atoms with Gasteiger partial charge in [0.25, 0.3) is 0 Å². The van der Waals surface area contributed by atoms with Gasteiger partial charge in [0, 0.05) is 41.4 Å². The number of aliphatic imine (C=N–C) groups is 1. The van der Waals surface area contributed by atoms with E-state index in [1.165, 1.54) is 16.7 Å². The van der Waals surface area contributed by atoms with Crippen molar-refractivity contribution in [2.75, 3.05) is 19.3 Å². The van der Waals surface area contributed by atoms with Gasteiger partial charge in [-0.1, -0.05) is 23.8 Å². The number of hydrogen-bond donors (Lipinski definition) is 2. The first-order valence-corrected chi connectivity index (χ1v) is 8.95. The third-order valence-electron chi connectivity index (χ3n) is 3.43. The van der Waals surface area contributed by atoms with Crippen molar-refractivity contribution >= 4 is 16.8 Å². The van der Waals surface area contributed by atoms with Crippen LogP contribution in [0.5, 0.6) is 0 Å². The lowest BCUT2D eigenvalue weighted by Crippen LogP contribution is -2.40. The van der Waals surface area contributed by atoms with Gasteiger partial charge in [-0.05, 0) is 45.7 Å². The van der Waals surface area contributed by atoms with Crippen molar-refractivity contribution < 1.29 is 4.21 Å². The van der Waals surface area contributed by atoms with Crippen molar-refractivity contribution in [1.82, 2.24) is 10.6 Å². The van der Waals surface area contributed by atoms with E-state index in [0.29, 0.717) is 12.3 Å². The molecule has 5 heteroatoms. The maximum Gasteiger partial charge on any atom is 0.191 e. The van der Waals surface area contributed by atoms with Gasteiger partial charge < -0.3 is 10.6 Å². The van der Waals surface area contributed by atoms with Crippen LogP contribution < -0.4 is 10.6 Å². The minimum Gasteiger partial charge on any atom is -0.355 e. The first-order chi connectivity index (χ1) is 10.2. The van der Waals surface area contributed by atoms with E-state index >= 15 is 0 Å². The van der Waals surface area contributed by atoms with E-state index in [0.717, 1.165) is 12.5 Å². The molecule has 0 radical (unpaired) electrons. The number of benzene rings is 1. The molecule has 0 saturated carbocycles. The third-order valence-corrected chi connectivity index (χ3v) is 5.37. The number of hydrogen-bond acceptors (Lipinski definition) is 2. The summed E-state index contributed by atoms with van der Waals surface area (Å²) in [5.74, 6) is 1.36. The fourth-order valence-electron chi connectivity index (χ4n) is 2.01. The molecular formula is C17H29N3OS. The van der Waals surface area contributed by atoms with Crippen LogP contribution in [-0.4, -0.2) is 34.3 Å². The van der Waals surface area contributed by atoms with Crippen LogP contribution in [-0.2, 0) is 17.3 Å². The van der Waals surface area contributed by atoms with Gasteiger partial charge in [-0.15, -0.1) is 0 Å². The molecule has 2 N–H and O–H groups in total. The van der Waals surface area contributed by atoms with Crippen LogP contribution in [0.3, 0.4) is 0 Å². The van der Waals surface area contributed by atoms with Crippen LogP contribution >= 0.6 is 0 Å². The Balaban J connectivity index is 2.45. The highest BCUT2D eigenvalue weighted by Crippen LogP contribution is 2.11. The standard InChI is InChI=1S/C17H29N3OS/c1-13-7-8-15(14(2)11-13)12-20-16(18-6)19-9-10-22(21)17(3,4)5/h7-8,11H,9-10,12H2,1-6H3,(H2,18,19,20). The first-order valence-electron chi connectivity index (χ1n) is 7.63. The van der Waals surface area contributed by atoms with Gasteiger partial charge in [-0.25, -0.2) is 0 Å². The Morgan fingerprint density at radius 1 is 1.23 bits per heavy atom. The van der Waals surface area contributed by atoms with E-state index in [-0.39, 0.29) is 4.75 Å². The average Bonchev–Trinajstić information content (AvgIpc) is 2.42. The molecule has 0 amide bonds. The summed E-state index contributed by atoms with van der Waals surface area (Å²) in [6.45, 7) is 11.6. The van der Waals surface area contributed by atoms with Gasteiger partial charge in [0.05, 0.1) is 0 Å². The molecule has 0 aliphatic heterocycles. The third kappa shape index (κ3) is 6.18. The second-order valence-corrected chi connectivity index (χ2v) is 8.77. The lowest BCUT2D eigenvalue weighted by Gasteiger charge is -2.18. The van der Waals surface area contributed by atoms with Crippen molar-refractivity contribution in [2.45, 2.75) is 45.9 Å². The molecule has 0 aliphatic rings.